The summed E-state index contributed by atoms with van der Waals surface area (Å²) < 4.78 is 0. The third-order valence-corrected chi connectivity index (χ3v) is 4.50. The van der Waals surface area contributed by atoms with E-state index in [-0.39, 0.29) is 5.75 Å². The Morgan fingerprint density at radius 2 is 1.45 bits per heavy atom. The van der Waals surface area contributed by atoms with Gasteiger partial charge in [-0.3, -0.25) is 0 Å². The lowest BCUT2D eigenvalue weighted by molar-refractivity contribution is 0.176. The molecule has 0 aliphatic heterocycles. The number of hydrogen-bond acceptors (Lipinski definition) is 2. The fourth-order valence-corrected chi connectivity index (χ4v) is 3.19. The van der Waals surface area contributed by atoms with E-state index in [1.54, 1.807) is 6.08 Å². The van der Waals surface area contributed by atoms with Crippen molar-refractivity contribution < 1.29 is 10.2 Å². The Morgan fingerprint density at radius 3 is 2.05 bits per heavy atom. The Morgan fingerprint density at radius 1 is 0.909 bits per heavy atom. The van der Waals surface area contributed by atoms with E-state index in [4.69, 9.17) is 0 Å². The number of benzene rings is 2. The van der Waals surface area contributed by atoms with Gasteiger partial charge in [0, 0.05) is 5.56 Å². The molecular weight excluding hydrogens is 272 g/mol. The Balaban J connectivity index is 2.05. The molecule has 0 fully saturated rings. The second-order valence-corrected chi connectivity index (χ2v) is 6.00. The second kappa shape index (κ2) is 6.37. The summed E-state index contributed by atoms with van der Waals surface area (Å²) in [5, 5.41) is 21.0. The SMILES string of the molecule is C=CCC(O)c1c2ccc(c1O)CCc1ccc(cc1)CC2. The van der Waals surface area contributed by atoms with Gasteiger partial charge in [0.05, 0.1) is 6.10 Å². The van der Waals surface area contributed by atoms with Crippen LogP contribution in [-0.4, -0.2) is 10.2 Å². The van der Waals surface area contributed by atoms with E-state index in [1.165, 1.54) is 11.1 Å². The summed E-state index contributed by atoms with van der Waals surface area (Å²) in [5.74, 6) is 0.266. The predicted octanol–water partition coefficient (Wildman–Crippen LogP) is 3.89. The number of aromatic hydroxyl groups is 1. The molecule has 2 heteroatoms. The number of hydrogen-bond donors (Lipinski definition) is 2. The van der Waals surface area contributed by atoms with Crippen LogP contribution < -0.4 is 0 Å². The van der Waals surface area contributed by atoms with E-state index < -0.39 is 6.10 Å². The highest BCUT2D eigenvalue weighted by Crippen LogP contribution is 2.35. The van der Waals surface area contributed by atoms with Crippen LogP contribution in [0.25, 0.3) is 0 Å². The smallest absolute Gasteiger partial charge is 0.124 e. The molecule has 1 unspecified atom stereocenters. The van der Waals surface area contributed by atoms with Gasteiger partial charge >= 0.3 is 0 Å². The number of phenolic OH excluding ortho intramolecular Hbond substituents is 1. The summed E-state index contributed by atoms with van der Waals surface area (Å²) in [7, 11) is 0. The molecule has 1 atom stereocenters. The summed E-state index contributed by atoms with van der Waals surface area (Å²) in [6, 6.07) is 12.8. The van der Waals surface area contributed by atoms with Crippen LogP contribution in [0.5, 0.6) is 5.75 Å². The van der Waals surface area contributed by atoms with Gasteiger partial charge in [0.1, 0.15) is 5.75 Å². The van der Waals surface area contributed by atoms with E-state index >= 15 is 0 Å². The minimum Gasteiger partial charge on any atom is -0.507 e. The molecule has 6 rings (SSSR count). The van der Waals surface area contributed by atoms with Crippen LogP contribution in [0.4, 0.5) is 0 Å². The van der Waals surface area contributed by atoms with Crippen LogP contribution >= 0.6 is 0 Å². The zero-order valence-electron chi connectivity index (χ0n) is 12.8. The van der Waals surface area contributed by atoms with E-state index in [2.05, 4.69) is 36.9 Å². The minimum absolute atomic E-state index is 0.266. The molecule has 2 aromatic carbocycles. The molecule has 2 aromatic rings. The van der Waals surface area contributed by atoms with Gasteiger partial charge in [0.2, 0.25) is 0 Å². The number of aliphatic hydroxyl groups excluding tert-OH is 1. The van der Waals surface area contributed by atoms with Crippen LogP contribution in [0.15, 0.2) is 49.1 Å². The van der Waals surface area contributed by atoms with E-state index in [1.807, 2.05) is 6.07 Å². The largest absolute Gasteiger partial charge is 0.507 e. The zero-order valence-corrected chi connectivity index (χ0v) is 12.8. The standard InChI is InChI=1S/C20H22O2/c1-2-3-18(21)19-16-10-8-14-4-6-15(7-5-14)9-11-17(13-12-16)20(19)22/h2,4-7,12-13,18,21-22H,1,3,8-11H2. The lowest BCUT2D eigenvalue weighted by Crippen LogP contribution is -2.07. The van der Waals surface area contributed by atoms with Gasteiger partial charge in [-0.1, -0.05) is 42.5 Å². The third kappa shape index (κ3) is 2.93. The maximum atomic E-state index is 10.6. The maximum Gasteiger partial charge on any atom is 0.124 e. The zero-order chi connectivity index (χ0) is 15.5. The fourth-order valence-electron chi connectivity index (χ4n) is 3.19. The van der Waals surface area contributed by atoms with E-state index in [0.717, 1.165) is 36.8 Å². The Bertz CT molecular complexity index is 671. The Hall–Kier alpha value is -2.06. The highest BCUT2D eigenvalue weighted by atomic mass is 16.3. The highest BCUT2D eigenvalue weighted by Gasteiger charge is 2.19. The van der Waals surface area contributed by atoms with Crippen molar-refractivity contribution >= 4 is 0 Å². The van der Waals surface area contributed by atoms with Crippen molar-refractivity contribution in [3.63, 3.8) is 0 Å². The molecule has 2 N–H and O–H groups in total. The molecule has 4 aliphatic rings. The van der Waals surface area contributed by atoms with Crippen molar-refractivity contribution in [3.05, 3.63) is 76.9 Å². The minimum atomic E-state index is -0.684. The molecule has 2 nitrogen and oxygen atoms in total. The lowest BCUT2D eigenvalue weighted by Gasteiger charge is -2.20. The van der Waals surface area contributed by atoms with E-state index in [0.29, 0.717) is 12.0 Å². The predicted molar refractivity (Wildman–Crippen MR) is 89.1 cm³/mol. The van der Waals surface area contributed by atoms with Crippen LogP contribution in [0, 0.1) is 0 Å². The summed E-state index contributed by atoms with van der Waals surface area (Å²) in [4.78, 5) is 0. The molecule has 0 saturated carbocycles. The van der Waals surface area contributed by atoms with Crippen LogP contribution in [0.3, 0.4) is 0 Å². The monoisotopic (exact) mass is 294 g/mol. The Labute approximate surface area is 131 Å². The van der Waals surface area contributed by atoms with Gasteiger partial charge in [0.25, 0.3) is 0 Å². The van der Waals surface area contributed by atoms with Crippen LogP contribution in [-0.2, 0) is 25.7 Å². The summed E-state index contributed by atoms with van der Waals surface area (Å²) in [6.45, 7) is 3.69. The molecular formula is C20H22O2. The molecule has 0 aromatic heterocycles. The molecule has 0 saturated heterocycles. The maximum absolute atomic E-state index is 10.6. The molecule has 22 heavy (non-hydrogen) atoms. The molecule has 0 radical (unpaired) electrons. The van der Waals surface area contributed by atoms with Gasteiger partial charge in [-0.2, -0.15) is 0 Å². The summed E-state index contributed by atoms with van der Waals surface area (Å²) in [5.41, 5.74) is 5.19. The van der Waals surface area contributed by atoms with Gasteiger partial charge < -0.3 is 10.2 Å². The van der Waals surface area contributed by atoms with Crippen molar-refractivity contribution in [3.8, 4) is 5.75 Å². The summed E-state index contributed by atoms with van der Waals surface area (Å²) in [6.07, 6.45) is 4.86. The second-order valence-electron chi connectivity index (χ2n) is 6.00. The molecule has 114 valence electrons. The van der Waals surface area contributed by atoms with Gasteiger partial charge in [-0.15, -0.1) is 6.58 Å². The lowest BCUT2D eigenvalue weighted by atomic mass is 9.89. The topological polar surface area (TPSA) is 40.5 Å². The average Bonchev–Trinajstić information content (AvgIpc) is 2.51. The molecule has 4 bridgehead atoms. The van der Waals surface area contributed by atoms with Crippen molar-refractivity contribution in [1.29, 1.82) is 0 Å². The quantitative estimate of drug-likeness (QED) is 0.843. The number of phenols is 1. The first-order valence-corrected chi connectivity index (χ1v) is 7.89. The fraction of sp³-hybridized carbons (Fsp3) is 0.300. The first-order valence-electron chi connectivity index (χ1n) is 7.89. The van der Waals surface area contributed by atoms with Crippen LogP contribution in [0.1, 0.15) is 40.3 Å². The van der Waals surface area contributed by atoms with Crippen molar-refractivity contribution in [2.45, 2.75) is 38.2 Å². The third-order valence-electron chi connectivity index (χ3n) is 4.50. The summed E-state index contributed by atoms with van der Waals surface area (Å²) >= 11 is 0. The number of aryl methyl sites for hydroxylation is 4. The van der Waals surface area contributed by atoms with E-state index in [9.17, 15) is 10.2 Å². The van der Waals surface area contributed by atoms with Gasteiger partial charge in [0.15, 0.2) is 0 Å². The van der Waals surface area contributed by atoms with Crippen molar-refractivity contribution in [1.82, 2.24) is 0 Å². The average molecular weight is 294 g/mol. The van der Waals surface area contributed by atoms with Crippen molar-refractivity contribution in [2.75, 3.05) is 0 Å². The molecule has 0 amide bonds. The normalized spacial score (nSPS) is 15.1. The van der Waals surface area contributed by atoms with Gasteiger partial charge in [-0.05, 0) is 54.4 Å². The highest BCUT2D eigenvalue weighted by molar-refractivity contribution is 5.48. The number of aliphatic hydroxyl groups is 1. The molecule has 0 spiro atoms. The van der Waals surface area contributed by atoms with Gasteiger partial charge in [-0.25, -0.2) is 0 Å². The first kappa shape index (κ1) is 14.9. The molecule has 4 aliphatic carbocycles. The molecule has 0 heterocycles. The first-order chi connectivity index (χ1) is 10.7. The Kier molecular flexibility index (Phi) is 4.30. The van der Waals surface area contributed by atoms with Crippen LogP contribution in [0.2, 0.25) is 0 Å². The van der Waals surface area contributed by atoms with Crippen molar-refractivity contribution in [2.24, 2.45) is 0 Å². The number of rotatable bonds is 3.